The summed E-state index contributed by atoms with van der Waals surface area (Å²) in [5.74, 6) is 0.994. The van der Waals surface area contributed by atoms with Crippen LogP contribution in [0.25, 0.3) is 0 Å². The molecule has 7 heteroatoms. The largest absolute Gasteiger partial charge is 0.478 e. The van der Waals surface area contributed by atoms with Gasteiger partial charge in [-0.25, -0.2) is 13.2 Å². The van der Waals surface area contributed by atoms with Crippen molar-refractivity contribution >= 4 is 27.6 Å². The molecular weight excluding hydrogens is 290 g/mol. The van der Waals surface area contributed by atoms with E-state index in [1.807, 2.05) is 0 Å². The number of carbonyl (C=O) groups is 1. The van der Waals surface area contributed by atoms with Crippen LogP contribution in [0.2, 0.25) is 5.02 Å². The third-order valence-corrected chi connectivity index (χ3v) is 4.18. The smallest absolute Gasteiger partial charge is 0.337 e. The van der Waals surface area contributed by atoms with E-state index in [9.17, 15) is 13.2 Å². The minimum absolute atomic E-state index is 0.0320. The van der Waals surface area contributed by atoms with E-state index in [4.69, 9.17) is 23.1 Å². The van der Waals surface area contributed by atoms with Gasteiger partial charge in [-0.2, -0.15) is 4.72 Å². The number of aromatic carboxylic acids is 1. The van der Waals surface area contributed by atoms with Crippen LogP contribution in [0.5, 0.6) is 0 Å². The molecule has 2 N–H and O–H groups in total. The first-order valence-electron chi connectivity index (χ1n) is 5.33. The Hall–Kier alpha value is -1.55. The number of hydrogen-bond acceptors (Lipinski definition) is 3. The molecule has 0 aliphatic carbocycles. The first-order chi connectivity index (χ1) is 8.81. The van der Waals surface area contributed by atoms with Gasteiger partial charge in [-0.15, -0.1) is 6.42 Å². The molecule has 0 saturated heterocycles. The van der Waals surface area contributed by atoms with Crippen molar-refractivity contribution in [3.63, 3.8) is 0 Å². The standard InChI is InChI=1S/C12H12ClNO4S/c1-3-8(4-2)14-19(17,18)9-5-6-11(13)10(7-9)12(15)16/h1,5-8,14H,4H2,2H3,(H,15,16). The third-order valence-electron chi connectivity index (χ3n) is 2.39. The molecule has 0 radical (unpaired) electrons. The average molecular weight is 302 g/mol. The lowest BCUT2D eigenvalue weighted by atomic mass is 10.2. The predicted octanol–water partition coefficient (Wildman–Crippen LogP) is 1.73. The summed E-state index contributed by atoms with van der Waals surface area (Å²) in [6.07, 6.45) is 5.60. The molecule has 1 rings (SSSR count). The Labute approximate surface area is 116 Å². The fourth-order valence-corrected chi connectivity index (χ4v) is 2.79. The molecule has 1 aromatic carbocycles. The van der Waals surface area contributed by atoms with Crippen molar-refractivity contribution in [3.8, 4) is 12.3 Å². The molecule has 1 unspecified atom stereocenters. The topological polar surface area (TPSA) is 83.5 Å². The summed E-state index contributed by atoms with van der Waals surface area (Å²) >= 11 is 5.67. The van der Waals surface area contributed by atoms with Gasteiger partial charge in [-0.3, -0.25) is 0 Å². The Morgan fingerprint density at radius 2 is 2.21 bits per heavy atom. The highest BCUT2D eigenvalue weighted by Gasteiger charge is 2.20. The molecule has 0 heterocycles. The van der Waals surface area contributed by atoms with E-state index < -0.39 is 22.0 Å². The van der Waals surface area contributed by atoms with Crippen molar-refractivity contribution in [2.24, 2.45) is 0 Å². The number of benzene rings is 1. The van der Waals surface area contributed by atoms with Gasteiger partial charge in [0, 0.05) is 0 Å². The lowest BCUT2D eigenvalue weighted by Crippen LogP contribution is -2.33. The molecule has 19 heavy (non-hydrogen) atoms. The maximum Gasteiger partial charge on any atom is 0.337 e. The van der Waals surface area contributed by atoms with E-state index in [0.717, 1.165) is 6.07 Å². The van der Waals surface area contributed by atoms with Crippen molar-refractivity contribution < 1.29 is 18.3 Å². The van der Waals surface area contributed by atoms with Gasteiger partial charge in [0.15, 0.2) is 0 Å². The van der Waals surface area contributed by atoms with Crippen LogP contribution in [0, 0.1) is 12.3 Å². The lowest BCUT2D eigenvalue weighted by Gasteiger charge is -2.12. The number of carboxylic acid groups (broad SMARTS) is 1. The molecule has 0 saturated carbocycles. The average Bonchev–Trinajstić information content (AvgIpc) is 2.35. The zero-order valence-corrected chi connectivity index (χ0v) is 11.6. The normalized spacial score (nSPS) is 12.7. The Balaban J connectivity index is 3.20. The van der Waals surface area contributed by atoms with Gasteiger partial charge >= 0.3 is 5.97 Å². The molecular formula is C12H12ClNO4S. The molecule has 0 bridgehead atoms. The monoisotopic (exact) mass is 301 g/mol. The second-order valence-electron chi connectivity index (χ2n) is 3.70. The molecule has 0 aliphatic heterocycles. The van der Waals surface area contributed by atoms with Gasteiger partial charge in [0.2, 0.25) is 10.0 Å². The molecule has 0 spiro atoms. The number of sulfonamides is 1. The first kappa shape index (κ1) is 15.5. The molecule has 102 valence electrons. The highest BCUT2D eigenvalue weighted by Crippen LogP contribution is 2.20. The van der Waals surface area contributed by atoms with E-state index in [2.05, 4.69) is 10.6 Å². The van der Waals surface area contributed by atoms with Crippen molar-refractivity contribution in [2.45, 2.75) is 24.3 Å². The first-order valence-corrected chi connectivity index (χ1v) is 7.19. The quantitative estimate of drug-likeness (QED) is 0.811. The maximum absolute atomic E-state index is 12.0. The number of nitrogens with one attached hydrogen (secondary N) is 1. The highest BCUT2D eigenvalue weighted by atomic mass is 35.5. The second-order valence-corrected chi connectivity index (χ2v) is 5.82. The summed E-state index contributed by atoms with van der Waals surface area (Å²) in [7, 11) is -3.87. The number of rotatable bonds is 5. The Kier molecular flexibility index (Phi) is 4.95. The fourth-order valence-electron chi connectivity index (χ4n) is 1.33. The van der Waals surface area contributed by atoms with Gasteiger partial charge in [0.05, 0.1) is 21.5 Å². The molecule has 5 nitrogen and oxygen atoms in total. The zero-order valence-electron chi connectivity index (χ0n) is 10.1. The Morgan fingerprint density at radius 1 is 1.58 bits per heavy atom. The summed E-state index contributed by atoms with van der Waals surface area (Å²) in [5, 5.41) is 8.87. The Bertz CT molecular complexity index is 634. The summed E-state index contributed by atoms with van der Waals surface area (Å²) < 4.78 is 26.3. The molecule has 0 aromatic heterocycles. The van der Waals surface area contributed by atoms with Crippen LogP contribution in [0.4, 0.5) is 0 Å². The summed E-state index contributed by atoms with van der Waals surface area (Å²) in [6.45, 7) is 1.73. The van der Waals surface area contributed by atoms with Crippen molar-refractivity contribution in [1.29, 1.82) is 0 Å². The van der Waals surface area contributed by atoms with Crippen LogP contribution in [0.15, 0.2) is 23.1 Å². The molecule has 1 aromatic rings. The zero-order chi connectivity index (χ0) is 14.6. The predicted molar refractivity (Wildman–Crippen MR) is 71.6 cm³/mol. The summed E-state index contributed by atoms with van der Waals surface area (Å²) in [6, 6.07) is 2.79. The van der Waals surface area contributed by atoms with Gasteiger partial charge < -0.3 is 5.11 Å². The van der Waals surface area contributed by atoms with Crippen molar-refractivity contribution in [2.75, 3.05) is 0 Å². The van der Waals surface area contributed by atoms with Crippen LogP contribution in [-0.4, -0.2) is 25.5 Å². The van der Waals surface area contributed by atoms with E-state index in [-0.39, 0.29) is 15.5 Å². The van der Waals surface area contributed by atoms with Crippen LogP contribution in [0.1, 0.15) is 23.7 Å². The van der Waals surface area contributed by atoms with Gasteiger partial charge in [-0.05, 0) is 24.6 Å². The SMILES string of the molecule is C#CC(CC)NS(=O)(=O)c1ccc(Cl)c(C(=O)O)c1. The van der Waals surface area contributed by atoms with Crippen LogP contribution < -0.4 is 4.72 Å². The molecule has 0 fully saturated rings. The number of carboxylic acids is 1. The van der Waals surface area contributed by atoms with Crippen LogP contribution in [0.3, 0.4) is 0 Å². The minimum atomic E-state index is -3.87. The second kappa shape index (κ2) is 6.06. The number of terminal acetylenes is 1. The number of hydrogen-bond donors (Lipinski definition) is 2. The van der Waals surface area contributed by atoms with Crippen molar-refractivity contribution in [1.82, 2.24) is 4.72 Å². The minimum Gasteiger partial charge on any atom is -0.478 e. The van der Waals surface area contributed by atoms with Gasteiger partial charge in [0.1, 0.15) is 0 Å². The molecule has 1 atom stereocenters. The molecule has 0 amide bonds. The van der Waals surface area contributed by atoms with E-state index in [1.165, 1.54) is 12.1 Å². The van der Waals surface area contributed by atoms with E-state index in [0.29, 0.717) is 6.42 Å². The fraction of sp³-hybridized carbons (Fsp3) is 0.250. The lowest BCUT2D eigenvalue weighted by molar-refractivity contribution is 0.0697. The van der Waals surface area contributed by atoms with Gasteiger partial charge in [-0.1, -0.05) is 24.4 Å². The summed E-state index contributed by atoms with van der Waals surface area (Å²) in [4.78, 5) is 10.7. The summed E-state index contributed by atoms with van der Waals surface area (Å²) in [5.41, 5.74) is -0.279. The van der Waals surface area contributed by atoms with E-state index in [1.54, 1.807) is 6.92 Å². The molecule has 0 aliphatic rings. The Morgan fingerprint density at radius 3 is 2.68 bits per heavy atom. The van der Waals surface area contributed by atoms with E-state index >= 15 is 0 Å². The van der Waals surface area contributed by atoms with Gasteiger partial charge in [0.25, 0.3) is 0 Å². The van der Waals surface area contributed by atoms with Crippen molar-refractivity contribution in [3.05, 3.63) is 28.8 Å². The van der Waals surface area contributed by atoms with Crippen LogP contribution >= 0.6 is 11.6 Å². The van der Waals surface area contributed by atoms with Crippen LogP contribution in [-0.2, 0) is 10.0 Å². The maximum atomic E-state index is 12.0. The highest BCUT2D eigenvalue weighted by molar-refractivity contribution is 7.89. The third kappa shape index (κ3) is 3.70. The number of halogens is 1.